The fourth-order valence-electron chi connectivity index (χ4n) is 2.06. The van der Waals surface area contributed by atoms with E-state index in [1.165, 1.54) is 6.20 Å². The van der Waals surface area contributed by atoms with Crippen LogP contribution < -0.4 is 10.2 Å². The number of morpholine rings is 1. The number of anilines is 2. The van der Waals surface area contributed by atoms with Crippen LogP contribution in [0.25, 0.3) is 0 Å². The molecule has 1 aliphatic heterocycles. The minimum atomic E-state index is -0.381. The summed E-state index contributed by atoms with van der Waals surface area (Å²) in [7, 11) is 0. The fraction of sp³-hybridized carbons (Fsp3) is 0.286. The molecule has 0 aromatic carbocycles. The van der Waals surface area contributed by atoms with Gasteiger partial charge in [-0.1, -0.05) is 11.6 Å². The van der Waals surface area contributed by atoms with E-state index >= 15 is 0 Å². The number of nitrogens with one attached hydrogen (secondary N) is 1. The molecule has 3 heterocycles. The molecule has 7 nitrogen and oxygen atoms in total. The summed E-state index contributed by atoms with van der Waals surface area (Å²) in [5.74, 6) is 0.0979. The van der Waals surface area contributed by atoms with Gasteiger partial charge in [-0.05, 0) is 12.1 Å². The van der Waals surface area contributed by atoms with Crippen LogP contribution in [-0.4, -0.2) is 47.2 Å². The lowest BCUT2D eigenvalue weighted by Crippen LogP contribution is -2.37. The highest BCUT2D eigenvalue weighted by molar-refractivity contribution is 6.34. The van der Waals surface area contributed by atoms with Crippen molar-refractivity contribution in [2.45, 2.75) is 0 Å². The normalized spacial score (nSPS) is 14.7. The molecular formula is C14H14ClN5O2. The molecule has 0 atom stereocenters. The van der Waals surface area contributed by atoms with Crippen LogP contribution >= 0.6 is 11.6 Å². The van der Waals surface area contributed by atoms with E-state index in [4.69, 9.17) is 16.3 Å². The molecule has 1 aliphatic rings. The van der Waals surface area contributed by atoms with Gasteiger partial charge in [0, 0.05) is 31.2 Å². The number of pyridine rings is 1. The predicted octanol–water partition coefficient (Wildman–Crippen LogP) is 1.61. The van der Waals surface area contributed by atoms with Crippen molar-refractivity contribution in [2.75, 3.05) is 36.5 Å². The van der Waals surface area contributed by atoms with Crippen LogP contribution in [-0.2, 0) is 4.74 Å². The highest BCUT2D eigenvalue weighted by Gasteiger charge is 2.19. The van der Waals surface area contributed by atoms with Gasteiger partial charge < -0.3 is 15.0 Å². The first-order valence-electron chi connectivity index (χ1n) is 6.80. The third kappa shape index (κ3) is 3.32. The van der Waals surface area contributed by atoms with Crippen LogP contribution in [0.2, 0.25) is 5.02 Å². The highest BCUT2D eigenvalue weighted by atomic mass is 35.5. The summed E-state index contributed by atoms with van der Waals surface area (Å²) >= 11 is 6.05. The third-order valence-corrected chi connectivity index (χ3v) is 3.46. The van der Waals surface area contributed by atoms with Gasteiger partial charge in [0.2, 0.25) is 5.95 Å². The van der Waals surface area contributed by atoms with Gasteiger partial charge in [0.15, 0.2) is 5.69 Å². The number of amides is 1. The van der Waals surface area contributed by atoms with E-state index < -0.39 is 0 Å². The molecule has 0 aliphatic carbocycles. The van der Waals surface area contributed by atoms with E-state index in [0.29, 0.717) is 37.9 Å². The van der Waals surface area contributed by atoms with Gasteiger partial charge in [-0.25, -0.2) is 9.97 Å². The van der Waals surface area contributed by atoms with Gasteiger partial charge in [-0.2, -0.15) is 0 Å². The van der Waals surface area contributed by atoms with Crippen LogP contribution in [0.15, 0.2) is 30.7 Å². The Labute approximate surface area is 132 Å². The summed E-state index contributed by atoms with van der Waals surface area (Å²) in [6.45, 7) is 2.61. The van der Waals surface area contributed by atoms with Gasteiger partial charge in [0.25, 0.3) is 5.91 Å². The lowest BCUT2D eigenvalue weighted by molar-refractivity contribution is 0.102. The number of carbonyl (C=O) groups excluding carboxylic acids is 1. The second-order valence-electron chi connectivity index (χ2n) is 4.66. The Hall–Kier alpha value is -2.25. The van der Waals surface area contributed by atoms with E-state index in [1.807, 2.05) is 4.90 Å². The molecule has 0 bridgehead atoms. The Bertz CT molecular complexity index is 662. The van der Waals surface area contributed by atoms with Crippen molar-refractivity contribution in [1.82, 2.24) is 15.0 Å². The number of rotatable bonds is 3. The summed E-state index contributed by atoms with van der Waals surface area (Å²) in [4.78, 5) is 26.7. The molecule has 1 amide bonds. The number of halogens is 1. The SMILES string of the molecule is O=C(Nc1ccncc1)c1nc(N2CCOCC2)ncc1Cl. The van der Waals surface area contributed by atoms with Crippen LogP contribution in [0, 0.1) is 0 Å². The zero-order valence-corrected chi connectivity index (χ0v) is 12.5. The summed E-state index contributed by atoms with van der Waals surface area (Å²) in [6, 6.07) is 3.38. The summed E-state index contributed by atoms with van der Waals surface area (Å²) in [5.41, 5.74) is 0.776. The first kappa shape index (κ1) is 14.7. The van der Waals surface area contributed by atoms with Gasteiger partial charge in [-0.3, -0.25) is 9.78 Å². The predicted molar refractivity (Wildman–Crippen MR) is 82.3 cm³/mol. The van der Waals surface area contributed by atoms with Crippen molar-refractivity contribution in [3.63, 3.8) is 0 Å². The minimum Gasteiger partial charge on any atom is -0.378 e. The van der Waals surface area contributed by atoms with E-state index in [0.717, 1.165) is 0 Å². The van der Waals surface area contributed by atoms with Crippen molar-refractivity contribution in [3.05, 3.63) is 41.4 Å². The average molecular weight is 320 g/mol. The van der Waals surface area contributed by atoms with Crippen LogP contribution in [0.3, 0.4) is 0 Å². The van der Waals surface area contributed by atoms with Gasteiger partial charge >= 0.3 is 0 Å². The lowest BCUT2D eigenvalue weighted by atomic mass is 10.3. The summed E-state index contributed by atoms with van der Waals surface area (Å²) in [5, 5.41) is 2.94. The standard InChI is InChI=1S/C14H14ClN5O2/c15-11-9-17-14(20-5-7-22-8-6-20)19-12(11)13(21)18-10-1-3-16-4-2-10/h1-4,9H,5-8H2,(H,16,18,21). The average Bonchev–Trinajstić information content (AvgIpc) is 2.57. The maximum atomic E-state index is 12.3. The Balaban J connectivity index is 1.81. The van der Waals surface area contributed by atoms with E-state index in [2.05, 4.69) is 20.3 Å². The van der Waals surface area contributed by atoms with Crippen LogP contribution in [0.5, 0.6) is 0 Å². The molecule has 3 rings (SSSR count). The van der Waals surface area contributed by atoms with Crippen LogP contribution in [0.4, 0.5) is 11.6 Å². The van der Waals surface area contributed by atoms with Crippen molar-refractivity contribution in [3.8, 4) is 0 Å². The van der Waals surface area contributed by atoms with Gasteiger partial charge in [0.05, 0.1) is 24.4 Å². The highest BCUT2D eigenvalue weighted by Crippen LogP contribution is 2.18. The van der Waals surface area contributed by atoms with E-state index in [-0.39, 0.29) is 16.6 Å². The number of aromatic nitrogens is 3. The minimum absolute atomic E-state index is 0.148. The molecule has 0 spiro atoms. The molecule has 22 heavy (non-hydrogen) atoms. The van der Waals surface area contributed by atoms with E-state index in [1.54, 1.807) is 24.5 Å². The Kier molecular flexibility index (Phi) is 4.45. The van der Waals surface area contributed by atoms with E-state index in [9.17, 15) is 4.79 Å². The molecule has 1 fully saturated rings. The summed E-state index contributed by atoms with van der Waals surface area (Å²) in [6.07, 6.45) is 4.63. The topological polar surface area (TPSA) is 80.2 Å². The maximum Gasteiger partial charge on any atom is 0.276 e. The number of ether oxygens (including phenoxy) is 1. The molecular weight excluding hydrogens is 306 g/mol. The second-order valence-corrected chi connectivity index (χ2v) is 5.06. The number of carbonyl (C=O) groups is 1. The number of nitrogens with zero attached hydrogens (tertiary/aromatic N) is 4. The molecule has 1 N–H and O–H groups in total. The zero-order valence-electron chi connectivity index (χ0n) is 11.7. The Morgan fingerprint density at radius 3 is 2.73 bits per heavy atom. The summed E-state index contributed by atoms with van der Waals surface area (Å²) < 4.78 is 5.29. The molecule has 1 saturated heterocycles. The number of hydrogen-bond donors (Lipinski definition) is 1. The monoisotopic (exact) mass is 319 g/mol. The fourth-order valence-corrected chi connectivity index (χ4v) is 2.24. The quantitative estimate of drug-likeness (QED) is 0.926. The molecule has 0 radical (unpaired) electrons. The van der Waals surface area contributed by atoms with Gasteiger partial charge in [-0.15, -0.1) is 0 Å². The molecule has 114 valence electrons. The van der Waals surface area contributed by atoms with Gasteiger partial charge in [0.1, 0.15) is 0 Å². The zero-order chi connectivity index (χ0) is 15.4. The largest absolute Gasteiger partial charge is 0.378 e. The van der Waals surface area contributed by atoms with Crippen molar-refractivity contribution in [1.29, 1.82) is 0 Å². The first-order valence-corrected chi connectivity index (χ1v) is 7.18. The smallest absolute Gasteiger partial charge is 0.276 e. The second kappa shape index (κ2) is 6.67. The first-order chi connectivity index (χ1) is 10.7. The molecule has 2 aromatic heterocycles. The molecule has 0 unspecified atom stereocenters. The maximum absolute atomic E-state index is 12.3. The van der Waals surface area contributed by atoms with Crippen LogP contribution in [0.1, 0.15) is 10.5 Å². The van der Waals surface area contributed by atoms with Crippen molar-refractivity contribution >= 4 is 29.1 Å². The Morgan fingerprint density at radius 1 is 1.27 bits per heavy atom. The Morgan fingerprint density at radius 2 is 2.00 bits per heavy atom. The number of hydrogen-bond acceptors (Lipinski definition) is 6. The van der Waals surface area contributed by atoms with Crippen molar-refractivity contribution < 1.29 is 9.53 Å². The third-order valence-electron chi connectivity index (χ3n) is 3.18. The van der Waals surface area contributed by atoms with Crippen molar-refractivity contribution in [2.24, 2.45) is 0 Å². The molecule has 0 saturated carbocycles. The molecule has 2 aromatic rings. The lowest BCUT2D eigenvalue weighted by Gasteiger charge is -2.26. The molecule has 8 heteroatoms.